The standard InChI is InChI=1S/C16H15N5O4S/c1-10-3-4-13(25-2)11(7-10)12-9-26-16(17-12)18-15(22)8-20-6-5-14(19-20)21(23)24/h3-7,9H,8H2,1-2H3,(H,17,18,22). The molecule has 26 heavy (non-hydrogen) atoms. The molecule has 0 saturated heterocycles. The van der Waals surface area contributed by atoms with Gasteiger partial charge in [0.1, 0.15) is 12.3 Å². The van der Waals surface area contributed by atoms with Crippen LogP contribution in [0.5, 0.6) is 5.75 Å². The summed E-state index contributed by atoms with van der Waals surface area (Å²) in [6, 6.07) is 7.01. The van der Waals surface area contributed by atoms with Gasteiger partial charge in [-0.05, 0) is 24.0 Å². The van der Waals surface area contributed by atoms with E-state index >= 15 is 0 Å². The molecule has 9 nitrogen and oxygen atoms in total. The highest BCUT2D eigenvalue weighted by Crippen LogP contribution is 2.32. The van der Waals surface area contributed by atoms with Crippen molar-refractivity contribution in [2.24, 2.45) is 0 Å². The Morgan fingerprint density at radius 2 is 2.23 bits per heavy atom. The smallest absolute Gasteiger partial charge is 0.389 e. The van der Waals surface area contributed by atoms with Crippen LogP contribution >= 0.6 is 11.3 Å². The van der Waals surface area contributed by atoms with E-state index in [1.807, 2.05) is 30.5 Å². The number of nitro groups is 1. The van der Waals surface area contributed by atoms with E-state index in [1.165, 1.54) is 28.3 Å². The van der Waals surface area contributed by atoms with Gasteiger partial charge in [0, 0.05) is 10.9 Å². The largest absolute Gasteiger partial charge is 0.496 e. The van der Waals surface area contributed by atoms with E-state index in [0.29, 0.717) is 16.6 Å². The van der Waals surface area contributed by atoms with Crippen molar-refractivity contribution in [3.8, 4) is 17.0 Å². The van der Waals surface area contributed by atoms with Gasteiger partial charge in [0.05, 0.1) is 30.2 Å². The van der Waals surface area contributed by atoms with Crippen molar-refractivity contribution < 1.29 is 14.5 Å². The molecule has 3 aromatic rings. The van der Waals surface area contributed by atoms with E-state index in [-0.39, 0.29) is 18.3 Å². The lowest BCUT2D eigenvalue weighted by molar-refractivity contribution is -0.389. The second-order valence-corrected chi connectivity index (χ2v) is 6.28. The molecule has 0 bridgehead atoms. The molecule has 0 unspecified atom stereocenters. The van der Waals surface area contributed by atoms with E-state index in [9.17, 15) is 14.9 Å². The molecular formula is C16H15N5O4S. The van der Waals surface area contributed by atoms with Crippen LogP contribution in [0.4, 0.5) is 10.9 Å². The minimum Gasteiger partial charge on any atom is -0.496 e. The summed E-state index contributed by atoms with van der Waals surface area (Å²) in [5.41, 5.74) is 2.60. The van der Waals surface area contributed by atoms with Gasteiger partial charge in [-0.1, -0.05) is 11.6 Å². The lowest BCUT2D eigenvalue weighted by Gasteiger charge is -2.07. The van der Waals surface area contributed by atoms with Gasteiger partial charge in [0.25, 0.3) is 0 Å². The number of ether oxygens (including phenoxy) is 1. The molecule has 0 atom stereocenters. The monoisotopic (exact) mass is 373 g/mol. The minimum absolute atomic E-state index is 0.142. The lowest BCUT2D eigenvalue weighted by Crippen LogP contribution is -2.19. The molecule has 0 aliphatic rings. The summed E-state index contributed by atoms with van der Waals surface area (Å²) in [5.74, 6) is 0.0172. The van der Waals surface area contributed by atoms with Crippen molar-refractivity contribution >= 4 is 28.2 Å². The zero-order valence-corrected chi connectivity index (χ0v) is 14.8. The van der Waals surface area contributed by atoms with Crippen LogP contribution in [-0.4, -0.2) is 32.7 Å². The molecule has 0 spiro atoms. The molecule has 10 heteroatoms. The SMILES string of the molecule is COc1ccc(C)cc1-c1csc(NC(=O)Cn2ccc([N+](=O)[O-])n2)n1. The predicted octanol–water partition coefficient (Wildman–Crippen LogP) is 2.87. The average Bonchev–Trinajstić information content (AvgIpc) is 3.24. The maximum Gasteiger partial charge on any atom is 0.389 e. The number of aromatic nitrogens is 3. The molecule has 0 radical (unpaired) electrons. The Hall–Kier alpha value is -3.27. The van der Waals surface area contributed by atoms with Crippen molar-refractivity contribution in [1.29, 1.82) is 0 Å². The first-order chi connectivity index (χ1) is 12.5. The maximum atomic E-state index is 12.1. The Labute approximate surface area is 152 Å². The van der Waals surface area contributed by atoms with Gasteiger partial charge in [-0.15, -0.1) is 11.3 Å². The van der Waals surface area contributed by atoms with Crippen LogP contribution in [-0.2, 0) is 11.3 Å². The van der Waals surface area contributed by atoms with Gasteiger partial charge in [-0.3, -0.25) is 4.79 Å². The number of carbonyl (C=O) groups is 1. The van der Waals surface area contributed by atoms with Crippen LogP contribution in [0.3, 0.4) is 0 Å². The van der Waals surface area contributed by atoms with Crippen molar-refractivity contribution in [2.75, 3.05) is 12.4 Å². The lowest BCUT2D eigenvalue weighted by atomic mass is 10.1. The first kappa shape index (κ1) is 17.5. The number of hydrogen-bond donors (Lipinski definition) is 1. The number of thiazole rings is 1. The zero-order valence-electron chi connectivity index (χ0n) is 14.0. The summed E-state index contributed by atoms with van der Waals surface area (Å²) < 4.78 is 6.56. The van der Waals surface area contributed by atoms with Gasteiger partial charge in [-0.2, -0.15) is 4.68 Å². The summed E-state index contributed by atoms with van der Waals surface area (Å²) in [4.78, 5) is 26.5. The third kappa shape index (κ3) is 3.86. The second-order valence-electron chi connectivity index (χ2n) is 5.42. The Kier molecular flexibility index (Phi) is 4.94. The molecule has 2 heterocycles. The van der Waals surface area contributed by atoms with Crippen molar-refractivity contribution in [1.82, 2.24) is 14.8 Å². The number of benzene rings is 1. The van der Waals surface area contributed by atoms with Crippen LogP contribution in [0.1, 0.15) is 5.56 Å². The first-order valence-corrected chi connectivity index (χ1v) is 8.42. The molecule has 1 aromatic carbocycles. The van der Waals surface area contributed by atoms with E-state index in [0.717, 1.165) is 11.1 Å². The van der Waals surface area contributed by atoms with E-state index < -0.39 is 4.92 Å². The molecule has 0 fully saturated rings. The van der Waals surface area contributed by atoms with E-state index in [4.69, 9.17) is 4.74 Å². The number of methoxy groups -OCH3 is 1. The number of nitrogens with one attached hydrogen (secondary N) is 1. The highest BCUT2D eigenvalue weighted by atomic mass is 32.1. The van der Waals surface area contributed by atoms with Crippen molar-refractivity contribution in [3.63, 3.8) is 0 Å². The Morgan fingerprint density at radius 1 is 1.42 bits per heavy atom. The highest BCUT2D eigenvalue weighted by molar-refractivity contribution is 7.14. The number of carbonyl (C=O) groups excluding carboxylic acids is 1. The number of hydrogen-bond acceptors (Lipinski definition) is 7. The van der Waals surface area contributed by atoms with Gasteiger partial charge in [0.15, 0.2) is 5.13 Å². The molecule has 3 rings (SSSR count). The van der Waals surface area contributed by atoms with Gasteiger partial charge >= 0.3 is 5.82 Å². The van der Waals surface area contributed by atoms with Crippen LogP contribution < -0.4 is 10.1 Å². The summed E-state index contributed by atoms with van der Waals surface area (Å²) in [6.45, 7) is 1.83. The molecule has 134 valence electrons. The van der Waals surface area contributed by atoms with Gasteiger partial charge in [-0.25, -0.2) is 4.98 Å². The molecule has 0 aliphatic carbocycles. The third-order valence-electron chi connectivity index (χ3n) is 3.50. The summed E-state index contributed by atoms with van der Waals surface area (Å²) in [7, 11) is 1.59. The normalized spacial score (nSPS) is 10.5. The van der Waals surface area contributed by atoms with Crippen molar-refractivity contribution in [2.45, 2.75) is 13.5 Å². The zero-order chi connectivity index (χ0) is 18.7. The number of aryl methyl sites for hydroxylation is 1. The number of anilines is 1. The Balaban J connectivity index is 1.71. The number of amides is 1. The second kappa shape index (κ2) is 7.31. The third-order valence-corrected chi connectivity index (χ3v) is 4.26. The molecule has 0 aliphatic heterocycles. The first-order valence-electron chi connectivity index (χ1n) is 7.54. The Bertz CT molecular complexity index is 965. The van der Waals surface area contributed by atoms with E-state index in [2.05, 4.69) is 15.4 Å². The highest BCUT2D eigenvalue weighted by Gasteiger charge is 2.15. The van der Waals surface area contributed by atoms with Crippen LogP contribution in [0, 0.1) is 17.0 Å². The summed E-state index contributed by atoms with van der Waals surface area (Å²) in [6.07, 6.45) is 1.38. The van der Waals surface area contributed by atoms with Gasteiger partial charge in [0.2, 0.25) is 5.91 Å². The van der Waals surface area contributed by atoms with Crippen LogP contribution in [0.15, 0.2) is 35.8 Å². The van der Waals surface area contributed by atoms with Gasteiger partial charge < -0.3 is 20.2 Å². The maximum absolute atomic E-state index is 12.1. The summed E-state index contributed by atoms with van der Waals surface area (Å²) in [5, 5.41) is 19.2. The van der Waals surface area contributed by atoms with Crippen molar-refractivity contribution in [3.05, 3.63) is 51.5 Å². The fourth-order valence-electron chi connectivity index (χ4n) is 2.32. The molecule has 1 N–H and O–H groups in total. The van der Waals surface area contributed by atoms with Crippen LogP contribution in [0.25, 0.3) is 11.3 Å². The molecular weight excluding hydrogens is 358 g/mol. The fourth-order valence-corrected chi connectivity index (χ4v) is 3.05. The average molecular weight is 373 g/mol. The number of nitrogens with zero attached hydrogens (tertiary/aromatic N) is 4. The predicted molar refractivity (Wildman–Crippen MR) is 96.4 cm³/mol. The molecule has 0 saturated carbocycles. The fraction of sp³-hybridized carbons (Fsp3) is 0.188. The number of rotatable bonds is 6. The molecule has 2 aromatic heterocycles. The quantitative estimate of drug-likeness (QED) is 0.525. The summed E-state index contributed by atoms with van der Waals surface area (Å²) >= 11 is 1.28. The minimum atomic E-state index is -0.614. The van der Waals surface area contributed by atoms with E-state index in [1.54, 1.807) is 7.11 Å². The molecule has 1 amide bonds. The van der Waals surface area contributed by atoms with Crippen LogP contribution in [0.2, 0.25) is 0 Å². The Morgan fingerprint density at radius 3 is 2.92 bits per heavy atom. The topological polar surface area (TPSA) is 112 Å².